The first-order valence-electron chi connectivity index (χ1n) is 8.22. The quantitative estimate of drug-likeness (QED) is 0.808. The molecule has 0 unspecified atom stereocenters. The summed E-state index contributed by atoms with van der Waals surface area (Å²) in [4.78, 5) is 0. The fraction of sp³-hybridized carbons (Fsp3) is 0.353. The highest BCUT2D eigenvalue weighted by molar-refractivity contribution is 7.92. The molecule has 3 rings (SSSR count). The molecular formula is C17H18F3N3O3S. The highest BCUT2D eigenvalue weighted by Crippen LogP contribution is 2.34. The number of hydrogen-bond donors (Lipinski definition) is 1. The number of nitrogens with one attached hydrogen (secondary N) is 1. The molecule has 0 saturated heterocycles. The van der Waals surface area contributed by atoms with Gasteiger partial charge >= 0.3 is 6.18 Å². The second-order valence-corrected chi connectivity index (χ2v) is 7.60. The summed E-state index contributed by atoms with van der Waals surface area (Å²) in [7, 11) is -3.71. The second-order valence-electron chi connectivity index (χ2n) is 5.95. The van der Waals surface area contributed by atoms with Crippen LogP contribution in [0.1, 0.15) is 22.5 Å². The van der Waals surface area contributed by atoms with E-state index in [4.69, 9.17) is 4.74 Å². The summed E-state index contributed by atoms with van der Waals surface area (Å²) in [5.74, 6) is 0. The zero-order valence-corrected chi connectivity index (χ0v) is 15.1. The lowest BCUT2D eigenvalue weighted by Crippen LogP contribution is -2.27. The minimum absolute atomic E-state index is 0.00315. The van der Waals surface area contributed by atoms with Crippen molar-refractivity contribution in [3.05, 3.63) is 58.3 Å². The Balaban J connectivity index is 1.67. The van der Waals surface area contributed by atoms with Gasteiger partial charge in [-0.25, -0.2) is 13.1 Å². The van der Waals surface area contributed by atoms with Crippen LogP contribution < -0.4 is 4.72 Å². The molecule has 0 bridgehead atoms. The fourth-order valence-corrected chi connectivity index (χ4v) is 3.60. The average Bonchev–Trinajstić information content (AvgIpc) is 3.00. The Bertz CT molecular complexity index is 922. The van der Waals surface area contributed by atoms with Crippen LogP contribution in [0.4, 0.5) is 13.2 Å². The maximum absolute atomic E-state index is 13.1. The van der Waals surface area contributed by atoms with Gasteiger partial charge in [0.1, 0.15) is 0 Å². The van der Waals surface area contributed by atoms with Gasteiger partial charge in [-0.05, 0) is 11.6 Å². The summed E-state index contributed by atoms with van der Waals surface area (Å²) in [6, 6.07) is 8.88. The van der Waals surface area contributed by atoms with E-state index in [1.807, 2.05) is 6.07 Å². The lowest BCUT2D eigenvalue weighted by atomic mass is 10.1. The number of aromatic nitrogens is 2. The molecule has 1 aromatic carbocycles. The van der Waals surface area contributed by atoms with Gasteiger partial charge in [-0.1, -0.05) is 30.3 Å². The minimum atomic E-state index is -4.58. The van der Waals surface area contributed by atoms with Crippen LogP contribution in [0, 0.1) is 0 Å². The molecule has 27 heavy (non-hydrogen) atoms. The lowest BCUT2D eigenvalue weighted by Gasteiger charge is -2.15. The molecule has 0 spiro atoms. The standard InChI is InChI=1S/C17H18F3N3O3S/c18-17(19,20)16-14-12-26-10-6-15(14)23(22-16)9-8-21-27(24,25)11-7-13-4-2-1-3-5-13/h1-5,7,11,21H,6,8-10,12H2. The summed E-state index contributed by atoms with van der Waals surface area (Å²) in [6.45, 7) is 0.0851. The molecular weight excluding hydrogens is 383 g/mol. The van der Waals surface area contributed by atoms with Crippen molar-refractivity contribution in [3.8, 4) is 0 Å². The maximum atomic E-state index is 13.1. The number of halogens is 3. The van der Waals surface area contributed by atoms with Gasteiger partial charge in [-0.2, -0.15) is 18.3 Å². The largest absolute Gasteiger partial charge is 0.435 e. The van der Waals surface area contributed by atoms with E-state index in [-0.39, 0.29) is 25.3 Å². The molecule has 1 aliphatic heterocycles. The van der Waals surface area contributed by atoms with Crippen LogP contribution in [0.5, 0.6) is 0 Å². The van der Waals surface area contributed by atoms with Gasteiger partial charge in [0.05, 0.1) is 19.8 Å². The van der Waals surface area contributed by atoms with E-state index in [9.17, 15) is 21.6 Å². The topological polar surface area (TPSA) is 73.2 Å². The van der Waals surface area contributed by atoms with Crippen LogP contribution in [-0.4, -0.2) is 31.3 Å². The Hall–Kier alpha value is -2.17. The van der Waals surface area contributed by atoms with Crippen LogP contribution in [-0.2, 0) is 40.5 Å². The summed E-state index contributed by atoms with van der Waals surface area (Å²) in [5.41, 5.74) is 0.219. The van der Waals surface area contributed by atoms with Crippen molar-refractivity contribution in [1.29, 1.82) is 0 Å². The van der Waals surface area contributed by atoms with Gasteiger partial charge in [-0.15, -0.1) is 0 Å². The predicted octanol–water partition coefficient (Wildman–Crippen LogP) is 2.56. The van der Waals surface area contributed by atoms with Crippen LogP contribution in [0.2, 0.25) is 0 Å². The van der Waals surface area contributed by atoms with Crippen molar-refractivity contribution in [1.82, 2.24) is 14.5 Å². The van der Waals surface area contributed by atoms with Crippen LogP contribution >= 0.6 is 0 Å². The number of rotatable bonds is 6. The number of fused-ring (bicyclic) bond motifs is 1. The zero-order chi connectivity index (χ0) is 19.5. The molecule has 0 aliphatic carbocycles. The van der Waals surface area contributed by atoms with E-state index in [0.717, 1.165) is 11.0 Å². The van der Waals surface area contributed by atoms with Gasteiger partial charge < -0.3 is 4.74 Å². The first kappa shape index (κ1) is 19.6. The smallest absolute Gasteiger partial charge is 0.376 e. The number of alkyl halides is 3. The molecule has 146 valence electrons. The van der Waals surface area contributed by atoms with Gasteiger partial charge in [0.15, 0.2) is 5.69 Å². The summed E-state index contributed by atoms with van der Waals surface area (Å²) < 4.78 is 72.0. The van der Waals surface area contributed by atoms with Gasteiger partial charge in [-0.3, -0.25) is 4.68 Å². The van der Waals surface area contributed by atoms with Gasteiger partial charge in [0.2, 0.25) is 10.0 Å². The third kappa shape index (κ3) is 4.96. The highest BCUT2D eigenvalue weighted by atomic mass is 32.2. The number of benzene rings is 1. The Morgan fingerprint density at radius 2 is 2.00 bits per heavy atom. The average molecular weight is 401 g/mol. The van der Waals surface area contributed by atoms with E-state index in [1.165, 1.54) is 10.8 Å². The van der Waals surface area contributed by atoms with Gasteiger partial charge in [0, 0.05) is 29.6 Å². The van der Waals surface area contributed by atoms with Crippen molar-refractivity contribution in [2.75, 3.05) is 13.2 Å². The molecule has 0 radical (unpaired) electrons. The Labute approximate surface area is 154 Å². The van der Waals surface area contributed by atoms with Crippen LogP contribution in [0.15, 0.2) is 35.7 Å². The summed E-state index contributed by atoms with van der Waals surface area (Å²) in [6.07, 6.45) is -2.83. The second kappa shape index (κ2) is 7.83. The van der Waals surface area contributed by atoms with Crippen LogP contribution in [0.25, 0.3) is 6.08 Å². The molecule has 0 atom stereocenters. The van der Waals surface area contributed by atoms with Crippen molar-refractivity contribution in [2.24, 2.45) is 0 Å². The Morgan fingerprint density at radius 1 is 1.26 bits per heavy atom. The highest BCUT2D eigenvalue weighted by Gasteiger charge is 2.39. The molecule has 1 aliphatic rings. The Morgan fingerprint density at radius 3 is 2.70 bits per heavy atom. The molecule has 10 heteroatoms. The molecule has 1 N–H and O–H groups in total. The first-order valence-corrected chi connectivity index (χ1v) is 9.77. The number of ether oxygens (including phenoxy) is 1. The van der Waals surface area contributed by atoms with Crippen molar-refractivity contribution in [2.45, 2.75) is 25.7 Å². The third-order valence-corrected chi connectivity index (χ3v) is 5.13. The third-order valence-electron chi connectivity index (χ3n) is 4.03. The maximum Gasteiger partial charge on any atom is 0.435 e. The number of hydrogen-bond acceptors (Lipinski definition) is 4. The summed E-state index contributed by atoms with van der Waals surface area (Å²) in [5, 5.41) is 4.66. The molecule has 2 heterocycles. The van der Waals surface area contributed by atoms with Gasteiger partial charge in [0.25, 0.3) is 0 Å². The van der Waals surface area contributed by atoms with E-state index in [1.54, 1.807) is 24.3 Å². The molecule has 2 aromatic rings. The molecule has 6 nitrogen and oxygen atoms in total. The predicted molar refractivity (Wildman–Crippen MR) is 93.0 cm³/mol. The minimum Gasteiger partial charge on any atom is -0.376 e. The monoisotopic (exact) mass is 401 g/mol. The lowest BCUT2D eigenvalue weighted by molar-refractivity contribution is -0.142. The SMILES string of the molecule is O=S(=O)(C=Cc1ccccc1)NCCn1nc(C(F)(F)F)c2c1CCOC2. The molecule has 0 amide bonds. The fourth-order valence-electron chi connectivity index (χ4n) is 2.80. The summed E-state index contributed by atoms with van der Waals surface area (Å²) >= 11 is 0. The van der Waals surface area contributed by atoms with Crippen molar-refractivity contribution >= 4 is 16.1 Å². The van der Waals surface area contributed by atoms with Crippen molar-refractivity contribution < 1.29 is 26.3 Å². The Kier molecular flexibility index (Phi) is 5.68. The molecule has 0 fully saturated rings. The number of nitrogens with zero attached hydrogens (tertiary/aromatic N) is 2. The normalized spacial score (nSPS) is 15.2. The number of sulfonamides is 1. The van der Waals surface area contributed by atoms with E-state index >= 15 is 0 Å². The van der Waals surface area contributed by atoms with E-state index in [0.29, 0.717) is 18.7 Å². The zero-order valence-electron chi connectivity index (χ0n) is 14.2. The molecule has 0 saturated carbocycles. The first-order chi connectivity index (χ1) is 12.8. The molecule has 1 aromatic heterocycles. The van der Waals surface area contributed by atoms with Crippen LogP contribution in [0.3, 0.4) is 0 Å². The van der Waals surface area contributed by atoms with E-state index in [2.05, 4.69) is 9.82 Å². The van der Waals surface area contributed by atoms with Crippen molar-refractivity contribution in [3.63, 3.8) is 0 Å². The van der Waals surface area contributed by atoms with E-state index < -0.39 is 21.9 Å².